The average molecular weight is 282 g/mol. The Morgan fingerprint density at radius 1 is 1.31 bits per heavy atom. The number of hydrogen-bond donors (Lipinski definition) is 1. The van der Waals surface area contributed by atoms with Crippen molar-refractivity contribution in [3.8, 4) is 0 Å². The molecule has 1 N–H and O–H groups in total. The summed E-state index contributed by atoms with van der Waals surface area (Å²) >= 11 is 3.63. The minimum absolute atomic E-state index is 0.365. The zero-order valence-electron chi connectivity index (χ0n) is 10.1. The van der Waals surface area contributed by atoms with Crippen LogP contribution in [-0.2, 0) is 6.54 Å². The summed E-state index contributed by atoms with van der Waals surface area (Å²) in [5.41, 5.74) is 3.03. The van der Waals surface area contributed by atoms with Gasteiger partial charge in [0, 0.05) is 16.6 Å². The van der Waals surface area contributed by atoms with Gasteiger partial charge in [-0.05, 0) is 43.9 Å². The van der Waals surface area contributed by atoms with E-state index in [9.17, 15) is 0 Å². The molecule has 0 unspecified atom stereocenters. The van der Waals surface area contributed by atoms with E-state index < -0.39 is 0 Å². The standard InChI is InChI=1S/C14H20BrN/c1-11-5-6-12(13(15)9-11)10-16-14(2)7-3-4-8-14/h5-6,9,16H,3-4,7-8,10H2,1-2H3. The lowest BCUT2D eigenvalue weighted by molar-refractivity contribution is 0.362. The first-order valence-corrected chi connectivity index (χ1v) is 6.88. The lowest BCUT2D eigenvalue weighted by atomic mass is 10.0. The zero-order chi connectivity index (χ0) is 11.6. The third-order valence-electron chi connectivity index (χ3n) is 3.62. The van der Waals surface area contributed by atoms with E-state index in [0.717, 1.165) is 6.54 Å². The van der Waals surface area contributed by atoms with Crippen LogP contribution >= 0.6 is 15.9 Å². The topological polar surface area (TPSA) is 12.0 Å². The molecule has 0 saturated heterocycles. The van der Waals surface area contributed by atoms with E-state index in [1.165, 1.54) is 41.3 Å². The van der Waals surface area contributed by atoms with Crippen molar-refractivity contribution in [3.05, 3.63) is 33.8 Å². The van der Waals surface area contributed by atoms with Gasteiger partial charge in [0.05, 0.1) is 0 Å². The first-order valence-electron chi connectivity index (χ1n) is 6.09. The Bertz CT molecular complexity index is 367. The molecule has 88 valence electrons. The fraction of sp³-hybridized carbons (Fsp3) is 0.571. The Balaban J connectivity index is 1.99. The first-order chi connectivity index (χ1) is 7.59. The molecular weight excluding hydrogens is 262 g/mol. The van der Waals surface area contributed by atoms with Gasteiger partial charge in [0.2, 0.25) is 0 Å². The number of nitrogens with one attached hydrogen (secondary N) is 1. The van der Waals surface area contributed by atoms with Crippen LogP contribution < -0.4 is 5.32 Å². The van der Waals surface area contributed by atoms with Gasteiger partial charge in [-0.15, -0.1) is 0 Å². The molecule has 0 heterocycles. The molecule has 0 spiro atoms. The predicted molar refractivity (Wildman–Crippen MR) is 72.6 cm³/mol. The molecule has 2 heteroatoms. The van der Waals surface area contributed by atoms with Crippen LogP contribution in [0.1, 0.15) is 43.7 Å². The Morgan fingerprint density at radius 3 is 2.62 bits per heavy atom. The van der Waals surface area contributed by atoms with E-state index in [1.54, 1.807) is 0 Å². The van der Waals surface area contributed by atoms with Gasteiger partial charge in [-0.1, -0.05) is 40.9 Å². The van der Waals surface area contributed by atoms with Gasteiger partial charge in [0.15, 0.2) is 0 Å². The molecule has 1 nitrogen and oxygen atoms in total. The molecule has 0 aromatic heterocycles. The summed E-state index contributed by atoms with van der Waals surface area (Å²) in [7, 11) is 0. The summed E-state index contributed by atoms with van der Waals surface area (Å²) in [4.78, 5) is 0. The summed E-state index contributed by atoms with van der Waals surface area (Å²) in [6.07, 6.45) is 5.38. The smallest absolute Gasteiger partial charge is 0.0222 e. The highest BCUT2D eigenvalue weighted by atomic mass is 79.9. The summed E-state index contributed by atoms with van der Waals surface area (Å²) in [6.45, 7) is 5.44. The monoisotopic (exact) mass is 281 g/mol. The zero-order valence-corrected chi connectivity index (χ0v) is 11.7. The van der Waals surface area contributed by atoms with Gasteiger partial charge in [-0.2, -0.15) is 0 Å². The predicted octanol–water partition coefficient (Wildman–Crippen LogP) is 4.18. The third-order valence-corrected chi connectivity index (χ3v) is 4.36. The lowest BCUT2D eigenvalue weighted by Gasteiger charge is -2.25. The highest BCUT2D eigenvalue weighted by molar-refractivity contribution is 9.10. The van der Waals surface area contributed by atoms with Gasteiger partial charge in [-0.3, -0.25) is 0 Å². The number of benzene rings is 1. The maximum Gasteiger partial charge on any atom is 0.0222 e. The van der Waals surface area contributed by atoms with Crippen molar-refractivity contribution in [1.29, 1.82) is 0 Å². The third kappa shape index (κ3) is 2.86. The second-order valence-electron chi connectivity index (χ2n) is 5.22. The molecule has 1 aliphatic carbocycles. The average Bonchev–Trinajstić information content (AvgIpc) is 2.64. The maximum atomic E-state index is 3.70. The van der Waals surface area contributed by atoms with Crippen molar-refractivity contribution >= 4 is 15.9 Å². The van der Waals surface area contributed by atoms with Gasteiger partial charge >= 0.3 is 0 Å². The summed E-state index contributed by atoms with van der Waals surface area (Å²) in [5, 5.41) is 3.70. The van der Waals surface area contributed by atoms with E-state index >= 15 is 0 Å². The van der Waals surface area contributed by atoms with Crippen molar-refractivity contribution in [1.82, 2.24) is 5.32 Å². The lowest BCUT2D eigenvalue weighted by Crippen LogP contribution is -2.38. The van der Waals surface area contributed by atoms with Crippen LogP contribution in [0.25, 0.3) is 0 Å². The SMILES string of the molecule is Cc1ccc(CNC2(C)CCCC2)c(Br)c1. The molecule has 1 aliphatic rings. The van der Waals surface area contributed by atoms with Crippen LogP contribution in [0, 0.1) is 6.92 Å². The number of hydrogen-bond acceptors (Lipinski definition) is 1. The van der Waals surface area contributed by atoms with Crippen LogP contribution in [0.15, 0.2) is 22.7 Å². The Morgan fingerprint density at radius 2 is 2.00 bits per heavy atom. The van der Waals surface area contributed by atoms with Gasteiger partial charge in [0.1, 0.15) is 0 Å². The molecule has 0 atom stereocenters. The van der Waals surface area contributed by atoms with Crippen molar-refractivity contribution in [2.45, 2.75) is 51.6 Å². The largest absolute Gasteiger partial charge is 0.307 e. The molecule has 1 saturated carbocycles. The second kappa shape index (κ2) is 4.89. The second-order valence-corrected chi connectivity index (χ2v) is 6.07. The number of halogens is 1. The van der Waals surface area contributed by atoms with Crippen LogP contribution in [0.5, 0.6) is 0 Å². The Labute approximate surface area is 107 Å². The minimum atomic E-state index is 0.365. The Kier molecular flexibility index (Phi) is 3.70. The van der Waals surface area contributed by atoms with Crippen molar-refractivity contribution in [2.75, 3.05) is 0 Å². The minimum Gasteiger partial charge on any atom is -0.307 e. The van der Waals surface area contributed by atoms with Crippen LogP contribution in [0.3, 0.4) is 0 Å². The maximum absolute atomic E-state index is 3.70. The van der Waals surface area contributed by atoms with E-state index in [1.807, 2.05) is 0 Å². The van der Waals surface area contributed by atoms with Crippen molar-refractivity contribution in [2.24, 2.45) is 0 Å². The molecular formula is C14H20BrN. The molecule has 0 radical (unpaired) electrons. The van der Waals surface area contributed by atoms with E-state index in [2.05, 4.69) is 53.3 Å². The molecule has 0 amide bonds. The van der Waals surface area contributed by atoms with E-state index in [-0.39, 0.29) is 0 Å². The summed E-state index contributed by atoms with van der Waals surface area (Å²) in [5.74, 6) is 0. The van der Waals surface area contributed by atoms with Crippen LogP contribution in [0.4, 0.5) is 0 Å². The molecule has 0 bridgehead atoms. The van der Waals surface area contributed by atoms with Crippen molar-refractivity contribution < 1.29 is 0 Å². The van der Waals surface area contributed by atoms with E-state index in [4.69, 9.17) is 0 Å². The van der Waals surface area contributed by atoms with E-state index in [0.29, 0.717) is 5.54 Å². The molecule has 2 rings (SSSR count). The Hall–Kier alpha value is -0.340. The normalized spacial score (nSPS) is 18.9. The number of rotatable bonds is 3. The summed E-state index contributed by atoms with van der Waals surface area (Å²) < 4.78 is 1.22. The van der Waals surface area contributed by atoms with Gasteiger partial charge in [-0.25, -0.2) is 0 Å². The fourth-order valence-electron chi connectivity index (χ4n) is 2.44. The van der Waals surface area contributed by atoms with Gasteiger partial charge in [0.25, 0.3) is 0 Å². The van der Waals surface area contributed by atoms with Crippen molar-refractivity contribution in [3.63, 3.8) is 0 Å². The molecule has 1 aromatic rings. The molecule has 16 heavy (non-hydrogen) atoms. The molecule has 1 fully saturated rings. The molecule has 1 aromatic carbocycles. The quantitative estimate of drug-likeness (QED) is 0.877. The first kappa shape index (κ1) is 12.1. The highest BCUT2D eigenvalue weighted by Crippen LogP contribution is 2.29. The van der Waals surface area contributed by atoms with Crippen LogP contribution in [-0.4, -0.2) is 5.54 Å². The number of aryl methyl sites for hydroxylation is 1. The molecule has 0 aliphatic heterocycles. The fourth-order valence-corrected chi connectivity index (χ4v) is 3.07. The highest BCUT2D eigenvalue weighted by Gasteiger charge is 2.27. The summed E-state index contributed by atoms with van der Waals surface area (Å²) in [6, 6.07) is 6.58. The van der Waals surface area contributed by atoms with Gasteiger partial charge < -0.3 is 5.32 Å². The van der Waals surface area contributed by atoms with Crippen LogP contribution in [0.2, 0.25) is 0 Å².